The van der Waals surface area contributed by atoms with Crippen molar-refractivity contribution >= 4 is 29.3 Å². The number of ether oxygens (including phenoxy) is 1. The summed E-state index contributed by atoms with van der Waals surface area (Å²) < 4.78 is 5.92. The van der Waals surface area contributed by atoms with E-state index in [0.717, 1.165) is 18.5 Å². The first-order valence-electron chi connectivity index (χ1n) is 11.6. The van der Waals surface area contributed by atoms with Gasteiger partial charge in [0.25, 0.3) is 5.91 Å². The van der Waals surface area contributed by atoms with Gasteiger partial charge in [-0.05, 0) is 55.9 Å². The predicted molar refractivity (Wildman–Crippen MR) is 128 cm³/mol. The molecule has 0 saturated carbocycles. The molecule has 0 fully saturated rings. The van der Waals surface area contributed by atoms with Crippen LogP contribution in [0.15, 0.2) is 42.5 Å². The van der Waals surface area contributed by atoms with Crippen molar-refractivity contribution in [2.24, 2.45) is 5.92 Å². The lowest BCUT2D eigenvalue weighted by Gasteiger charge is -2.24. The van der Waals surface area contributed by atoms with E-state index in [4.69, 9.17) is 4.74 Å². The highest BCUT2D eigenvalue weighted by atomic mass is 16.5. The van der Waals surface area contributed by atoms with Crippen molar-refractivity contribution in [1.29, 1.82) is 0 Å². The van der Waals surface area contributed by atoms with Gasteiger partial charge in [0.15, 0.2) is 0 Å². The zero-order valence-electron chi connectivity index (χ0n) is 19.6. The monoisotopic (exact) mass is 468 g/mol. The second-order valence-corrected chi connectivity index (χ2v) is 8.75. The quantitative estimate of drug-likeness (QED) is 0.594. The van der Waals surface area contributed by atoms with E-state index in [1.165, 1.54) is 4.90 Å². The van der Waals surface area contributed by atoms with Crippen LogP contribution in [0.25, 0.3) is 0 Å². The fourth-order valence-corrected chi connectivity index (χ4v) is 3.74. The maximum absolute atomic E-state index is 13.3. The van der Waals surface area contributed by atoms with E-state index in [9.17, 15) is 19.5 Å². The maximum Gasteiger partial charge on any atom is 0.326 e. The summed E-state index contributed by atoms with van der Waals surface area (Å²) in [6.07, 6.45) is 2.59. The van der Waals surface area contributed by atoms with Crippen LogP contribution < -0.4 is 15.4 Å². The second-order valence-electron chi connectivity index (χ2n) is 8.75. The summed E-state index contributed by atoms with van der Waals surface area (Å²) in [4.78, 5) is 43.3. The van der Waals surface area contributed by atoms with Gasteiger partial charge in [0.05, 0.1) is 18.8 Å². The van der Waals surface area contributed by atoms with Gasteiger partial charge in [-0.3, -0.25) is 9.59 Å². The van der Waals surface area contributed by atoms with E-state index in [2.05, 4.69) is 15.6 Å². The average Bonchev–Trinajstić information content (AvgIpc) is 2.80. The number of aromatic nitrogens is 1. The maximum atomic E-state index is 13.3. The van der Waals surface area contributed by atoms with Gasteiger partial charge in [0.1, 0.15) is 23.3 Å². The Morgan fingerprint density at radius 3 is 2.71 bits per heavy atom. The Labute approximate surface area is 199 Å². The number of anilines is 2. The van der Waals surface area contributed by atoms with E-state index in [-0.39, 0.29) is 24.1 Å². The minimum Gasteiger partial charge on any atom is -0.491 e. The first-order chi connectivity index (χ1) is 16.3. The average molecular weight is 469 g/mol. The fraction of sp³-hybridized carbons (Fsp3) is 0.440. The standard InChI is InChI=1S/C25H32N4O5/c1-17(2)15-20(25(32)33)28-23(30)16-29-13-6-3-7-14-34-21-11-5-4-9-18(21)26-22-12-8-10-19(27-22)24(29)31/h4-5,8-12,17,20H,3,6-7,13-16H2,1-2H3,(H,26,27)(H,28,30)(H,32,33). The summed E-state index contributed by atoms with van der Waals surface area (Å²) >= 11 is 0. The number of amides is 2. The van der Waals surface area contributed by atoms with Gasteiger partial charge >= 0.3 is 5.97 Å². The van der Waals surface area contributed by atoms with Gasteiger partial charge in [0.2, 0.25) is 5.91 Å². The van der Waals surface area contributed by atoms with Crippen LogP contribution in [-0.2, 0) is 9.59 Å². The summed E-state index contributed by atoms with van der Waals surface area (Å²) in [6, 6.07) is 11.6. The predicted octanol–water partition coefficient (Wildman–Crippen LogP) is 3.45. The van der Waals surface area contributed by atoms with Crippen LogP contribution in [0.5, 0.6) is 5.75 Å². The van der Waals surface area contributed by atoms with E-state index in [1.54, 1.807) is 18.2 Å². The summed E-state index contributed by atoms with van der Waals surface area (Å²) in [5, 5.41) is 15.2. The number of hydrogen-bond donors (Lipinski definition) is 3. The molecule has 1 aliphatic heterocycles. The van der Waals surface area contributed by atoms with E-state index in [1.807, 2.05) is 38.1 Å². The lowest BCUT2D eigenvalue weighted by atomic mass is 10.0. The van der Waals surface area contributed by atoms with Gasteiger partial charge in [-0.15, -0.1) is 0 Å². The smallest absolute Gasteiger partial charge is 0.326 e. The van der Waals surface area contributed by atoms with Crippen LogP contribution >= 0.6 is 0 Å². The molecule has 1 atom stereocenters. The minimum absolute atomic E-state index is 0.101. The number of hydrogen-bond acceptors (Lipinski definition) is 6. The molecule has 3 N–H and O–H groups in total. The zero-order chi connectivity index (χ0) is 24.5. The molecule has 2 aromatic rings. The topological polar surface area (TPSA) is 121 Å². The molecule has 9 nitrogen and oxygen atoms in total. The number of fused-ring (bicyclic) bond motifs is 3. The fourth-order valence-electron chi connectivity index (χ4n) is 3.74. The first-order valence-corrected chi connectivity index (χ1v) is 11.6. The minimum atomic E-state index is -1.09. The number of rotatable bonds is 6. The van der Waals surface area contributed by atoms with E-state index < -0.39 is 17.9 Å². The van der Waals surface area contributed by atoms with Crippen molar-refractivity contribution in [2.45, 2.75) is 45.6 Å². The lowest BCUT2D eigenvalue weighted by molar-refractivity contribution is -0.142. The highest BCUT2D eigenvalue weighted by Gasteiger charge is 2.25. The lowest BCUT2D eigenvalue weighted by Crippen LogP contribution is -2.47. The van der Waals surface area contributed by atoms with Crippen LogP contribution in [0.1, 0.15) is 50.0 Å². The van der Waals surface area contributed by atoms with Crippen LogP contribution in [0.3, 0.4) is 0 Å². The van der Waals surface area contributed by atoms with Gasteiger partial charge in [-0.2, -0.15) is 0 Å². The Bertz CT molecular complexity index is 1010. The van der Waals surface area contributed by atoms with Crippen molar-refractivity contribution in [3.8, 4) is 5.75 Å². The van der Waals surface area contributed by atoms with Crippen molar-refractivity contribution in [3.05, 3.63) is 48.2 Å². The SMILES string of the molecule is CC(C)CC(NC(=O)CN1CCCCCOc2ccccc2Nc2cccc(n2)C1=O)C(=O)O. The highest BCUT2D eigenvalue weighted by Crippen LogP contribution is 2.27. The summed E-state index contributed by atoms with van der Waals surface area (Å²) in [7, 11) is 0. The van der Waals surface area contributed by atoms with Gasteiger partial charge < -0.3 is 25.4 Å². The van der Waals surface area contributed by atoms with Gasteiger partial charge in [-0.1, -0.05) is 32.0 Å². The number of nitrogens with zero attached hydrogens (tertiary/aromatic N) is 2. The van der Waals surface area contributed by atoms with E-state index >= 15 is 0 Å². The largest absolute Gasteiger partial charge is 0.491 e. The normalized spacial score (nSPS) is 15.4. The molecule has 1 aliphatic rings. The number of carbonyl (C=O) groups excluding carboxylic acids is 2. The molecule has 2 amide bonds. The molecule has 182 valence electrons. The van der Waals surface area contributed by atoms with Crippen LogP contribution in [0, 0.1) is 5.92 Å². The summed E-state index contributed by atoms with van der Waals surface area (Å²) in [5.41, 5.74) is 0.947. The Balaban J connectivity index is 1.79. The second kappa shape index (κ2) is 12.0. The number of carboxylic acids is 1. The molecule has 0 spiro atoms. The Morgan fingerprint density at radius 2 is 1.94 bits per heavy atom. The van der Waals surface area contributed by atoms with E-state index in [0.29, 0.717) is 37.6 Å². The van der Waals surface area contributed by atoms with Crippen molar-refractivity contribution in [3.63, 3.8) is 0 Å². The molecule has 34 heavy (non-hydrogen) atoms. The molecule has 0 radical (unpaired) electrons. The molecule has 2 heterocycles. The number of pyridine rings is 1. The number of carbonyl (C=O) groups is 3. The van der Waals surface area contributed by atoms with Gasteiger partial charge in [-0.25, -0.2) is 9.78 Å². The number of para-hydroxylation sites is 2. The summed E-state index contributed by atoms with van der Waals surface area (Å²) in [5.74, 6) is -0.679. The van der Waals surface area contributed by atoms with Crippen LogP contribution in [0.2, 0.25) is 0 Å². The molecule has 3 rings (SSSR count). The molecule has 1 unspecified atom stereocenters. The van der Waals surface area contributed by atoms with Crippen molar-refractivity contribution < 1.29 is 24.2 Å². The Morgan fingerprint density at radius 1 is 1.15 bits per heavy atom. The third-order valence-electron chi connectivity index (χ3n) is 5.41. The third-order valence-corrected chi connectivity index (χ3v) is 5.41. The zero-order valence-corrected chi connectivity index (χ0v) is 19.6. The summed E-state index contributed by atoms with van der Waals surface area (Å²) in [6.45, 7) is 4.42. The number of nitrogens with one attached hydrogen (secondary N) is 2. The molecular formula is C25H32N4O5. The Hall–Kier alpha value is -3.62. The number of aliphatic carboxylic acids is 1. The molecule has 1 aromatic heterocycles. The Kier molecular flexibility index (Phi) is 8.84. The van der Waals surface area contributed by atoms with Crippen LogP contribution in [-0.4, -0.2) is 58.5 Å². The molecule has 0 aliphatic carbocycles. The molecule has 2 bridgehead atoms. The first kappa shape index (κ1) is 25.0. The van der Waals surface area contributed by atoms with Crippen LogP contribution in [0.4, 0.5) is 11.5 Å². The van der Waals surface area contributed by atoms with Crippen molar-refractivity contribution in [2.75, 3.05) is 25.0 Å². The molecule has 0 saturated heterocycles. The third kappa shape index (κ3) is 7.19. The van der Waals surface area contributed by atoms with Gasteiger partial charge in [0, 0.05) is 6.54 Å². The number of carboxylic acid groups (broad SMARTS) is 1. The molecular weight excluding hydrogens is 436 g/mol. The van der Waals surface area contributed by atoms with Crippen molar-refractivity contribution in [1.82, 2.24) is 15.2 Å². The molecule has 9 heteroatoms. The number of benzene rings is 1. The molecule has 1 aromatic carbocycles. The highest BCUT2D eigenvalue weighted by molar-refractivity contribution is 5.96.